The Morgan fingerprint density at radius 1 is 0.761 bits per heavy atom. The second kappa shape index (κ2) is 15.9. The van der Waals surface area contributed by atoms with Crippen LogP contribution in [0, 0.1) is 0 Å². The molecule has 0 spiro atoms. The number of halogens is 2. The van der Waals surface area contributed by atoms with Crippen molar-refractivity contribution in [3.8, 4) is 0 Å². The van der Waals surface area contributed by atoms with E-state index in [1.54, 1.807) is 47.4 Å². The number of anilines is 1. The third kappa shape index (κ3) is 8.86. The van der Waals surface area contributed by atoms with Crippen LogP contribution >= 0.6 is 31.9 Å². The molecule has 1 saturated carbocycles. The van der Waals surface area contributed by atoms with Crippen LogP contribution in [0.25, 0.3) is 0 Å². The van der Waals surface area contributed by atoms with E-state index in [-0.39, 0.29) is 29.8 Å². The van der Waals surface area contributed by atoms with Gasteiger partial charge in [-0.2, -0.15) is 0 Å². The lowest BCUT2D eigenvalue weighted by Crippen LogP contribution is -2.55. The molecule has 0 aromatic heterocycles. The molecule has 1 aliphatic carbocycles. The molecule has 0 radical (unpaired) electrons. The minimum absolute atomic E-state index is 0.0424. The second-order valence-corrected chi connectivity index (χ2v) is 15.2. The summed E-state index contributed by atoms with van der Waals surface area (Å²) in [6, 6.07) is 31.3. The molecule has 46 heavy (non-hydrogen) atoms. The lowest BCUT2D eigenvalue weighted by atomic mass is 9.94. The summed E-state index contributed by atoms with van der Waals surface area (Å²) in [6.07, 6.45) is 5.33. The maximum Gasteiger partial charge on any atom is 0.264 e. The van der Waals surface area contributed by atoms with E-state index in [1.165, 1.54) is 12.1 Å². The molecule has 0 aliphatic heterocycles. The molecule has 10 heteroatoms. The van der Waals surface area contributed by atoms with Gasteiger partial charge in [-0.05, 0) is 66.4 Å². The highest BCUT2D eigenvalue weighted by Gasteiger charge is 2.35. The first-order valence-electron chi connectivity index (χ1n) is 15.4. The molecule has 7 nitrogen and oxygen atoms in total. The first kappa shape index (κ1) is 33.9. The summed E-state index contributed by atoms with van der Waals surface area (Å²) in [5.74, 6) is -0.719. The fourth-order valence-corrected chi connectivity index (χ4v) is 7.84. The number of benzene rings is 4. The summed E-state index contributed by atoms with van der Waals surface area (Å²) in [6.45, 7) is -0.369. The van der Waals surface area contributed by atoms with Crippen LogP contribution in [0.1, 0.15) is 43.2 Å². The number of sulfonamides is 1. The molecule has 2 amide bonds. The van der Waals surface area contributed by atoms with Crippen molar-refractivity contribution in [3.63, 3.8) is 0 Å². The normalized spacial score (nSPS) is 14.3. The van der Waals surface area contributed by atoms with Crippen LogP contribution in [0.5, 0.6) is 0 Å². The van der Waals surface area contributed by atoms with Gasteiger partial charge in [-0.3, -0.25) is 13.9 Å². The van der Waals surface area contributed by atoms with Crippen molar-refractivity contribution in [3.05, 3.63) is 129 Å². The summed E-state index contributed by atoms with van der Waals surface area (Å²) in [4.78, 5) is 30.4. The fourth-order valence-electron chi connectivity index (χ4n) is 5.76. The Bertz CT molecular complexity index is 1720. The number of carbonyl (C=O) groups excluding carboxylic acids is 2. The summed E-state index contributed by atoms with van der Waals surface area (Å²) in [5, 5.41) is 3.24. The van der Waals surface area contributed by atoms with Gasteiger partial charge >= 0.3 is 0 Å². The summed E-state index contributed by atoms with van der Waals surface area (Å²) < 4.78 is 30.9. The third-order valence-electron chi connectivity index (χ3n) is 8.20. The Kier molecular flexibility index (Phi) is 11.7. The van der Waals surface area contributed by atoms with Gasteiger partial charge in [-0.1, -0.05) is 118 Å². The number of carbonyl (C=O) groups is 2. The number of nitrogens with zero attached hydrogens (tertiary/aromatic N) is 2. The Balaban J connectivity index is 1.55. The predicted octanol–water partition coefficient (Wildman–Crippen LogP) is 7.50. The van der Waals surface area contributed by atoms with Crippen molar-refractivity contribution in [2.45, 2.75) is 62.0 Å². The standard InChI is InChI=1S/C36H37Br2N3O4S/c37-29-21-19-28(20-22-29)25-40(34(23-27-11-4-1-5-12-27)36(43)39-31-14-6-2-7-15-31)35(42)26-41(32-16-10-13-30(38)24-32)46(44,45)33-17-8-3-9-18-33/h1,3-5,8-13,16-22,24,31,34H,2,6-7,14-15,23,25-26H2,(H,39,43)/t34-/m1/s1. The van der Waals surface area contributed by atoms with Gasteiger partial charge in [-0.15, -0.1) is 0 Å². The van der Waals surface area contributed by atoms with Gasteiger partial charge in [0, 0.05) is 28.0 Å². The zero-order chi connectivity index (χ0) is 32.5. The van der Waals surface area contributed by atoms with E-state index >= 15 is 0 Å². The minimum atomic E-state index is -4.15. The van der Waals surface area contributed by atoms with Gasteiger partial charge < -0.3 is 10.2 Å². The third-order valence-corrected chi connectivity index (χ3v) is 11.0. The molecular formula is C36H37Br2N3O4S. The van der Waals surface area contributed by atoms with Crippen molar-refractivity contribution in [2.24, 2.45) is 0 Å². The van der Waals surface area contributed by atoms with Crippen LogP contribution in [-0.2, 0) is 32.6 Å². The van der Waals surface area contributed by atoms with E-state index in [0.717, 1.165) is 52.0 Å². The van der Waals surface area contributed by atoms with Gasteiger partial charge in [0.2, 0.25) is 11.8 Å². The predicted molar refractivity (Wildman–Crippen MR) is 189 cm³/mol. The molecule has 1 aliphatic rings. The fraction of sp³-hybridized carbons (Fsp3) is 0.278. The molecule has 0 saturated heterocycles. The zero-order valence-corrected chi connectivity index (χ0v) is 29.4. The molecular weight excluding hydrogens is 730 g/mol. The van der Waals surface area contributed by atoms with Crippen molar-refractivity contribution in [1.82, 2.24) is 10.2 Å². The van der Waals surface area contributed by atoms with Crippen LogP contribution in [0.15, 0.2) is 123 Å². The monoisotopic (exact) mass is 765 g/mol. The molecule has 1 atom stereocenters. The quantitative estimate of drug-likeness (QED) is 0.162. The van der Waals surface area contributed by atoms with E-state index in [0.29, 0.717) is 10.2 Å². The summed E-state index contributed by atoms with van der Waals surface area (Å²) >= 11 is 6.93. The highest BCUT2D eigenvalue weighted by Crippen LogP contribution is 2.28. The molecule has 1 fully saturated rings. The molecule has 4 aromatic carbocycles. The van der Waals surface area contributed by atoms with Crippen LogP contribution in [-0.4, -0.2) is 43.8 Å². The maximum atomic E-state index is 14.6. The summed E-state index contributed by atoms with van der Waals surface area (Å²) in [5.41, 5.74) is 2.06. The lowest BCUT2D eigenvalue weighted by Gasteiger charge is -2.35. The number of hydrogen-bond donors (Lipinski definition) is 1. The minimum Gasteiger partial charge on any atom is -0.352 e. The van der Waals surface area contributed by atoms with Gasteiger partial charge in [0.25, 0.3) is 10.0 Å². The van der Waals surface area contributed by atoms with Gasteiger partial charge in [-0.25, -0.2) is 8.42 Å². The van der Waals surface area contributed by atoms with Crippen LogP contribution < -0.4 is 9.62 Å². The number of amides is 2. The zero-order valence-electron chi connectivity index (χ0n) is 25.4. The molecule has 1 N–H and O–H groups in total. The van der Waals surface area contributed by atoms with E-state index < -0.39 is 28.5 Å². The SMILES string of the molecule is O=C(NC1CCCCC1)[C@@H](Cc1ccccc1)N(Cc1ccc(Br)cc1)C(=O)CN(c1cccc(Br)c1)S(=O)(=O)c1ccccc1. The number of rotatable bonds is 12. The Hall–Kier alpha value is -3.47. The molecule has 0 unspecified atom stereocenters. The Morgan fingerprint density at radius 3 is 2.07 bits per heavy atom. The van der Waals surface area contributed by atoms with E-state index in [4.69, 9.17) is 0 Å². The van der Waals surface area contributed by atoms with Crippen molar-refractivity contribution < 1.29 is 18.0 Å². The van der Waals surface area contributed by atoms with Crippen LogP contribution in [0.3, 0.4) is 0 Å². The van der Waals surface area contributed by atoms with E-state index in [2.05, 4.69) is 37.2 Å². The largest absolute Gasteiger partial charge is 0.352 e. The second-order valence-electron chi connectivity index (χ2n) is 11.5. The highest BCUT2D eigenvalue weighted by atomic mass is 79.9. The molecule has 5 rings (SSSR count). The van der Waals surface area contributed by atoms with E-state index in [1.807, 2.05) is 54.6 Å². The van der Waals surface area contributed by atoms with Crippen LogP contribution in [0.2, 0.25) is 0 Å². The molecule has 0 bridgehead atoms. The number of nitrogens with one attached hydrogen (secondary N) is 1. The van der Waals surface area contributed by atoms with Crippen molar-refractivity contribution in [1.29, 1.82) is 0 Å². The Morgan fingerprint density at radius 2 is 1.41 bits per heavy atom. The van der Waals surface area contributed by atoms with Crippen LogP contribution in [0.4, 0.5) is 5.69 Å². The summed E-state index contributed by atoms with van der Waals surface area (Å²) in [7, 11) is -4.15. The highest BCUT2D eigenvalue weighted by molar-refractivity contribution is 9.10. The lowest BCUT2D eigenvalue weighted by molar-refractivity contribution is -0.140. The average molecular weight is 768 g/mol. The molecule has 240 valence electrons. The molecule has 0 heterocycles. The van der Waals surface area contributed by atoms with Crippen molar-refractivity contribution in [2.75, 3.05) is 10.8 Å². The van der Waals surface area contributed by atoms with Crippen molar-refractivity contribution >= 4 is 59.4 Å². The first-order chi connectivity index (χ1) is 22.2. The smallest absolute Gasteiger partial charge is 0.264 e. The Labute approximate surface area is 288 Å². The maximum absolute atomic E-state index is 14.6. The topological polar surface area (TPSA) is 86.8 Å². The van der Waals surface area contributed by atoms with Gasteiger partial charge in [0.15, 0.2) is 0 Å². The molecule has 4 aromatic rings. The van der Waals surface area contributed by atoms with E-state index in [9.17, 15) is 18.0 Å². The first-order valence-corrected chi connectivity index (χ1v) is 18.4. The number of hydrogen-bond acceptors (Lipinski definition) is 4. The van der Waals surface area contributed by atoms with Gasteiger partial charge in [0.05, 0.1) is 10.6 Å². The van der Waals surface area contributed by atoms with Gasteiger partial charge in [0.1, 0.15) is 12.6 Å². The average Bonchev–Trinajstić information content (AvgIpc) is 3.07.